The Hall–Kier alpha value is -0.650. The lowest BCUT2D eigenvalue weighted by Gasteiger charge is -2.40. The first-order valence-corrected chi connectivity index (χ1v) is 4.75. The van der Waals surface area contributed by atoms with Crippen LogP contribution in [0.5, 0.6) is 0 Å². The highest BCUT2D eigenvalue weighted by atomic mass is 32.3. The molecule has 0 saturated carbocycles. The molecule has 0 radical (unpaired) electrons. The molecule has 1 rings (SSSR count). The minimum atomic E-state index is -3.00. The number of hydrogen-bond acceptors (Lipinski definition) is 3. The first kappa shape index (κ1) is 8.45. The summed E-state index contributed by atoms with van der Waals surface area (Å²) in [5.74, 6) is -0.655. The average molecular weight is 176 g/mol. The second kappa shape index (κ2) is 2.77. The molecular weight excluding hydrogens is 169 g/mol. The molecule has 1 heterocycles. The fourth-order valence-corrected chi connectivity index (χ4v) is 1.16. The molecule has 62 valence electrons. The van der Waals surface area contributed by atoms with Gasteiger partial charge in [0.05, 0.1) is 0 Å². The summed E-state index contributed by atoms with van der Waals surface area (Å²) in [5.41, 5.74) is 0. The van der Waals surface area contributed by atoms with Gasteiger partial charge in [0.1, 0.15) is 0 Å². The quantitative estimate of drug-likeness (QED) is 0.661. The van der Waals surface area contributed by atoms with Crippen molar-refractivity contribution in [1.29, 1.82) is 0 Å². The van der Waals surface area contributed by atoms with Crippen LogP contribution in [0.3, 0.4) is 0 Å². The summed E-state index contributed by atoms with van der Waals surface area (Å²) in [4.78, 5) is 3.38. The molecule has 0 aliphatic heterocycles. The van der Waals surface area contributed by atoms with Crippen molar-refractivity contribution in [3.63, 3.8) is 0 Å². The van der Waals surface area contributed by atoms with E-state index in [0.29, 0.717) is 0 Å². The van der Waals surface area contributed by atoms with Crippen LogP contribution in [0.15, 0.2) is 23.2 Å². The number of halogens is 1. The minimum Gasteiger partial charge on any atom is -0.764 e. The van der Waals surface area contributed by atoms with Gasteiger partial charge in [-0.15, -0.1) is 0 Å². The third kappa shape index (κ3) is 2.14. The van der Waals surface area contributed by atoms with Gasteiger partial charge in [-0.1, -0.05) is 0 Å². The number of pyridine rings is 1. The van der Waals surface area contributed by atoms with Crippen LogP contribution in [0.4, 0.5) is 4.39 Å². The topological polar surface area (TPSA) is 56.2 Å². The van der Waals surface area contributed by atoms with Crippen LogP contribution in [0.1, 0.15) is 0 Å². The Morgan fingerprint density at radius 1 is 1.64 bits per heavy atom. The average Bonchev–Trinajstić information content (AvgIpc) is 1.86. The molecule has 0 spiro atoms. The third-order valence-corrected chi connectivity index (χ3v) is 2.25. The Labute approximate surface area is 65.2 Å². The fourth-order valence-electron chi connectivity index (χ4n) is 0.586. The second-order valence-corrected chi connectivity index (χ2v) is 4.20. The maximum absolute atomic E-state index is 12.2. The number of nitrogens with zero attached hydrogens (tertiary/aromatic N) is 1. The molecule has 0 aliphatic carbocycles. The van der Waals surface area contributed by atoms with Crippen LogP contribution < -0.4 is 0 Å². The van der Waals surface area contributed by atoms with Gasteiger partial charge in [0.2, 0.25) is 5.95 Å². The lowest BCUT2D eigenvalue weighted by atomic mass is 10.5. The van der Waals surface area contributed by atoms with Crippen LogP contribution in [0, 0.1) is 5.95 Å². The summed E-state index contributed by atoms with van der Waals surface area (Å²) in [6.07, 6.45) is 2.21. The molecule has 0 aromatic carbocycles. The summed E-state index contributed by atoms with van der Waals surface area (Å²) in [5, 5.41) is 0. The molecule has 0 bridgehead atoms. The van der Waals surface area contributed by atoms with Gasteiger partial charge < -0.3 is 19.7 Å². The fraction of sp³-hybridized carbons (Fsp3) is 0.167. The number of aromatic nitrogens is 1. The molecule has 1 aromatic heterocycles. The zero-order valence-electron chi connectivity index (χ0n) is 5.82. The molecule has 1 atom stereocenters. The molecular formula is C6H7FNO2S-. The highest BCUT2D eigenvalue weighted by molar-refractivity contribution is 8.23. The van der Waals surface area contributed by atoms with E-state index in [1.807, 2.05) is 0 Å². The molecule has 11 heavy (non-hydrogen) atoms. The zero-order valence-corrected chi connectivity index (χ0v) is 6.64. The Bertz CT molecular complexity index is 244. The van der Waals surface area contributed by atoms with Crippen molar-refractivity contribution in [1.82, 2.24) is 4.98 Å². The van der Waals surface area contributed by atoms with Gasteiger partial charge in [-0.25, -0.2) is 4.98 Å². The molecule has 0 aliphatic rings. The van der Waals surface area contributed by atoms with Crippen molar-refractivity contribution < 1.29 is 13.5 Å². The first-order chi connectivity index (χ1) is 5.00. The molecule has 1 aromatic rings. The first-order valence-electron chi connectivity index (χ1n) is 2.83. The van der Waals surface area contributed by atoms with Gasteiger partial charge in [0, 0.05) is 11.1 Å². The van der Waals surface area contributed by atoms with Crippen LogP contribution >= 0.6 is 10.6 Å². The summed E-state index contributed by atoms with van der Waals surface area (Å²) >= 11 is 0. The monoisotopic (exact) mass is 176 g/mol. The van der Waals surface area contributed by atoms with Crippen LogP contribution in [-0.4, -0.2) is 20.3 Å². The van der Waals surface area contributed by atoms with E-state index in [2.05, 4.69) is 4.98 Å². The molecule has 1 N–H and O–H groups in total. The van der Waals surface area contributed by atoms with Crippen molar-refractivity contribution in [2.75, 3.05) is 6.26 Å². The second-order valence-electron chi connectivity index (χ2n) is 2.12. The molecule has 1 unspecified atom stereocenters. The Kier molecular flexibility index (Phi) is 2.12. The van der Waals surface area contributed by atoms with Gasteiger partial charge in [-0.3, -0.25) is 0 Å². The zero-order chi connectivity index (χ0) is 8.48. The van der Waals surface area contributed by atoms with Crippen molar-refractivity contribution in [3.05, 3.63) is 24.3 Å². The van der Waals surface area contributed by atoms with Gasteiger partial charge in [-0.2, -0.15) is 4.39 Å². The van der Waals surface area contributed by atoms with Crippen molar-refractivity contribution >= 4 is 10.6 Å². The third-order valence-electron chi connectivity index (χ3n) is 1.14. The van der Waals surface area contributed by atoms with E-state index in [1.165, 1.54) is 6.07 Å². The summed E-state index contributed by atoms with van der Waals surface area (Å²) in [6, 6.07) is 2.29. The number of hydrogen-bond donors (Lipinski definition) is 1. The van der Waals surface area contributed by atoms with Crippen molar-refractivity contribution in [2.24, 2.45) is 0 Å². The van der Waals surface area contributed by atoms with Crippen molar-refractivity contribution in [3.8, 4) is 0 Å². The molecule has 5 heteroatoms. The van der Waals surface area contributed by atoms with Gasteiger partial charge >= 0.3 is 0 Å². The van der Waals surface area contributed by atoms with Crippen LogP contribution in [0.25, 0.3) is 0 Å². The van der Waals surface area contributed by atoms with E-state index in [1.54, 1.807) is 0 Å². The summed E-state index contributed by atoms with van der Waals surface area (Å²) in [7, 11) is -3.00. The van der Waals surface area contributed by atoms with Crippen LogP contribution in [0.2, 0.25) is 0 Å². The maximum Gasteiger partial charge on any atom is 0.212 e. The minimum absolute atomic E-state index is 0.138. The van der Waals surface area contributed by atoms with E-state index in [9.17, 15) is 8.94 Å². The van der Waals surface area contributed by atoms with E-state index >= 15 is 0 Å². The molecule has 0 fully saturated rings. The predicted octanol–water partition coefficient (Wildman–Crippen LogP) is 1.62. The molecule has 0 saturated heterocycles. The van der Waals surface area contributed by atoms with Crippen LogP contribution in [-0.2, 0) is 0 Å². The largest absolute Gasteiger partial charge is 0.764 e. The standard InChI is InChI=1S/C6H8FNO2S/c1-11(9,10)5-2-3-6(7)8-4-5/h2-4,9-10H,1H3/p-1. The van der Waals surface area contributed by atoms with Crippen molar-refractivity contribution in [2.45, 2.75) is 4.90 Å². The summed E-state index contributed by atoms with van der Waals surface area (Å²) in [6.45, 7) is 0. The molecule has 0 amide bonds. The number of rotatable bonds is 1. The van der Waals surface area contributed by atoms with E-state index in [-0.39, 0.29) is 4.90 Å². The van der Waals surface area contributed by atoms with Gasteiger partial charge in [0.25, 0.3) is 0 Å². The Morgan fingerprint density at radius 3 is 2.64 bits per heavy atom. The normalized spacial score (nSPS) is 18.9. The maximum atomic E-state index is 12.2. The summed E-state index contributed by atoms with van der Waals surface area (Å²) < 4.78 is 32.0. The SMILES string of the molecule is CS([O-])(O)c1ccc(F)nc1. The lowest BCUT2D eigenvalue weighted by Crippen LogP contribution is -1.96. The lowest BCUT2D eigenvalue weighted by molar-refractivity contribution is 0.471. The highest BCUT2D eigenvalue weighted by Crippen LogP contribution is 2.42. The molecule has 3 nitrogen and oxygen atoms in total. The Balaban J connectivity index is 2.99. The smallest absolute Gasteiger partial charge is 0.212 e. The highest BCUT2D eigenvalue weighted by Gasteiger charge is 2.00. The van der Waals surface area contributed by atoms with E-state index in [4.69, 9.17) is 4.55 Å². The van der Waals surface area contributed by atoms with Gasteiger partial charge in [0.15, 0.2) is 0 Å². The predicted molar refractivity (Wildman–Crippen MR) is 39.4 cm³/mol. The Morgan fingerprint density at radius 2 is 2.27 bits per heavy atom. The van der Waals surface area contributed by atoms with E-state index in [0.717, 1.165) is 18.5 Å². The van der Waals surface area contributed by atoms with Gasteiger partial charge in [-0.05, 0) is 18.4 Å². The van der Waals surface area contributed by atoms with E-state index < -0.39 is 16.5 Å².